The Morgan fingerprint density at radius 1 is 0.903 bits per heavy atom. The van der Waals surface area contributed by atoms with E-state index in [0.717, 1.165) is 48.3 Å². The molecule has 0 aliphatic rings. The lowest BCUT2D eigenvalue weighted by Crippen LogP contribution is -2.03. The van der Waals surface area contributed by atoms with Crippen molar-refractivity contribution in [2.75, 3.05) is 19.8 Å². The number of ketones is 1. The Balaban J connectivity index is 2.27. The molecule has 0 unspecified atom stereocenters. The fourth-order valence-corrected chi connectivity index (χ4v) is 3.04. The van der Waals surface area contributed by atoms with Crippen LogP contribution in [0.2, 0.25) is 0 Å². The maximum atomic E-state index is 12.7. The van der Waals surface area contributed by atoms with Crippen LogP contribution in [0.3, 0.4) is 0 Å². The summed E-state index contributed by atoms with van der Waals surface area (Å²) in [5.74, 6) is 2.25. The standard InChI is InChI=1S/C27H34O4/c1-5-9-22-19-23(27(31-18-8-4)20-26(22)30-17-7-3)12-15-25(28)21-10-13-24(14-11-21)29-16-6-2/h6,10-15,19-20H,2,5,7-9,16-18H2,1,3-4H3/b15-12+. The lowest BCUT2D eigenvalue weighted by molar-refractivity contribution is 0.104. The third-order valence-electron chi connectivity index (χ3n) is 4.56. The van der Waals surface area contributed by atoms with Gasteiger partial charge in [0.05, 0.1) is 13.2 Å². The third-order valence-corrected chi connectivity index (χ3v) is 4.56. The molecule has 4 nitrogen and oxygen atoms in total. The molecule has 4 heteroatoms. The molecule has 0 fully saturated rings. The second-order valence-electron chi connectivity index (χ2n) is 7.27. The fraction of sp³-hybridized carbons (Fsp3) is 0.370. The SMILES string of the molecule is C=CCOc1ccc(C(=O)/C=C/c2cc(CCC)c(OCCC)cc2OCCC)cc1. The van der Waals surface area contributed by atoms with E-state index >= 15 is 0 Å². The van der Waals surface area contributed by atoms with Crippen LogP contribution in [0.15, 0.2) is 55.1 Å². The molecule has 0 saturated heterocycles. The number of hydrogen-bond acceptors (Lipinski definition) is 4. The van der Waals surface area contributed by atoms with E-state index < -0.39 is 0 Å². The lowest BCUT2D eigenvalue weighted by atomic mass is 10.0. The van der Waals surface area contributed by atoms with Crippen molar-refractivity contribution in [1.29, 1.82) is 0 Å². The van der Waals surface area contributed by atoms with E-state index in [0.29, 0.717) is 31.1 Å². The second-order valence-corrected chi connectivity index (χ2v) is 7.27. The highest BCUT2D eigenvalue weighted by atomic mass is 16.5. The molecule has 0 aliphatic carbocycles. The molecule has 2 aromatic carbocycles. The Hall–Kier alpha value is -3.01. The molecule has 0 heterocycles. The predicted octanol–water partition coefficient (Wildman–Crippen LogP) is 6.68. The highest BCUT2D eigenvalue weighted by Crippen LogP contribution is 2.32. The van der Waals surface area contributed by atoms with Crippen LogP contribution in [0.4, 0.5) is 0 Å². The minimum atomic E-state index is -0.0694. The first-order valence-corrected chi connectivity index (χ1v) is 11.1. The first-order chi connectivity index (χ1) is 15.1. The average Bonchev–Trinajstić information content (AvgIpc) is 2.80. The van der Waals surface area contributed by atoms with Crippen LogP contribution < -0.4 is 14.2 Å². The van der Waals surface area contributed by atoms with Crippen molar-refractivity contribution in [2.24, 2.45) is 0 Å². The highest BCUT2D eigenvalue weighted by molar-refractivity contribution is 6.07. The average molecular weight is 423 g/mol. The van der Waals surface area contributed by atoms with E-state index in [9.17, 15) is 4.79 Å². The Kier molecular flexibility index (Phi) is 10.4. The topological polar surface area (TPSA) is 44.8 Å². The van der Waals surface area contributed by atoms with Gasteiger partial charge in [-0.2, -0.15) is 0 Å². The predicted molar refractivity (Wildman–Crippen MR) is 128 cm³/mol. The summed E-state index contributed by atoms with van der Waals surface area (Å²) in [6, 6.07) is 11.2. The summed E-state index contributed by atoms with van der Waals surface area (Å²) in [5.41, 5.74) is 2.63. The largest absolute Gasteiger partial charge is 0.493 e. The van der Waals surface area contributed by atoms with E-state index in [4.69, 9.17) is 14.2 Å². The fourth-order valence-electron chi connectivity index (χ4n) is 3.04. The highest BCUT2D eigenvalue weighted by Gasteiger charge is 2.11. The number of carbonyl (C=O) groups is 1. The summed E-state index contributed by atoms with van der Waals surface area (Å²) in [6.07, 6.45) is 8.89. The molecule has 0 amide bonds. The minimum absolute atomic E-state index is 0.0694. The molecule has 0 saturated carbocycles. The van der Waals surface area contributed by atoms with Crippen LogP contribution in [-0.4, -0.2) is 25.6 Å². The van der Waals surface area contributed by atoms with Gasteiger partial charge in [0, 0.05) is 17.2 Å². The minimum Gasteiger partial charge on any atom is -0.493 e. The van der Waals surface area contributed by atoms with Crippen LogP contribution in [0.5, 0.6) is 17.2 Å². The van der Waals surface area contributed by atoms with Gasteiger partial charge in [-0.1, -0.05) is 39.8 Å². The summed E-state index contributed by atoms with van der Waals surface area (Å²) in [6.45, 7) is 11.7. The normalized spacial score (nSPS) is 10.8. The van der Waals surface area contributed by atoms with Crippen LogP contribution >= 0.6 is 0 Å². The molecule has 2 aromatic rings. The molecule has 0 radical (unpaired) electrons. The van der Waals surface area contributed by atoms with Crippen LogP contribution in [0.1, 0.15) is 61.5 Å². The van der Waals surface area contributed by atoms with E-state index in [-0.39, 0.29) is 5.78 Å². The Bertz CT molecular complexity index is 866. The molecular weight excluding hydrogens is 388 g/mol. The third kappa shape index (κ3) is 7.63. The van der Waals surface area contributed by atoms with Gasteiger partial charge in [0.15, 0.2) is 5.78 Å². The van der Waals surface area contributed by atoms with E-state index in [2.05, 4.69) is 33.4 Å². The first-order valence-electron chi connectivity index (χ1n) is 11.1. The number of benzene rings is 2. The number of allylic oxidation sites excluding steroid dienone is 1. The van der Waals surface area contributed by atoms with Crippen LogP contribution in [-0.2, 0) is 6.42 Å². The molecule has 0 N–H and O–H groups in total. The van der Waals surface area contributed by atoms with Crippen LogP contribution in [0, 0.1) is 0 Å². The molecule has 0 aliphatic heterocycles. The van der Waals surface area contributed by atoms with Crippen LogP contribution in [0.25, 0.3) is 6.08 Å². The quantitative estimate of drug-likeness (QED) is 0.194. The van der Waals surface area contributed by atoms with Gasteiger partial charge < -0.3 is 14.2 Å². The number of hydrogen-bond donors (Lipinski definition) is 0. The molecule has 0 aromatic heterocycles. The van der Waals surface area contributed by atoms with E-state index in [1.165, 1.54) is 0 Å². The van der Waals surface area contributed by atoms with Gasteiger partial charge in [-0.15, -0.1) is 0 Å². The van der Waals surface area contributed by atoms with Gasteiger partial charge >= 0.3 is 0 Å². The van der Waals surface area contributed by atoms with Crippen molar-refractivity contribution >= 4 is 11.9 Å². The monoisotopic (exact) mass is 422 g/mol. The van der Waals surface area contributed by atoms with Crippen molar-refractivity contribution < 1.29 is 19.0 Å². The summed E-state index contributed by atoms with van der Waals surface area (Å²) in [4.78, 5) is 12.7. The summed E-state index contributed by atoms with van der Waals surface area (Å²) in [5, 5.41) is 0. The molecule has 0 bridgehead atoms. The Morgan fingerprint density at radius 2 is 1.58 bits per heavy atom. The summed E-state index contributed by atoms with van der Waals surface area (Å²) < 4.78 is 17.4. The number of ether oxygens (including phenoxy) is 3. The number of aryl methyl sites for hydroxylation is 1. The van der Waals surface area contributed by atoms with Crippen molar-refractivity contribution in [3.8, 4) is 17.2 Å². The Labute approximate surface area is 186 Å². The molecule has 166 valence electrons. The van der Waals surface area contributed by atoms with Gasteiger partial charge in [-0.3, -0.25) is 4.79 Å². The summed E-state index contributed by atoms with van der Waals surface area (Å²) >= 11 is 0. The van der Waals surface area contributed by atoms with Crippen molar-refractivity contribution in [1.82, 2.24) is 0 Å². The van der Waals surface area contributed by atoms with Gasteiger partial charge in [0.1, 0.15) is 23.9 Å². The molecule has 0 spiro atoms. The zero-order valence-electron chi connectivity index (χ0n) is 19.0. The zero-order valence-corrected chi connectivity index (χ0v) is 19.0. The van der Waals surface area contributed by atoms with Gasteiger partial charge in [-0.25, -0.2) is 0 Å². The lowest BCUT2D eigenvalue weighted by Gasteiger charge is -2.16. The maximum absolute atomic E-state index is 12.7. The van der Waals surface area contributed by atoms with Crippen molar-refractivity contribution in [3.05, 3.63) is 71.8 Å². The second kappa shape index (κ2) is 13.3. The summed E-state index contributed by atoms with van der Waals surface area (Å²) in [7, 11) is 0. The number of carbonyl (C=O) groups excluding carboxylic acids is 1. The molecule has 0 atom stereocenters. The van der Waals surface area contributed by atoms with Gasteiger partial charge in [-0.05, 0) is 67.3 Å². The van der Waals surface area contributed by atoms with E-state index in [1.807, 2.05) is 12.1 Å². The smallest absolute Gasteiger partial charge is 0.185 e. The van der Waals surface area contributed by atoms with Gasteiger partial charge in [0.2, 0.25) is 0 Å². The Morgan fingerprint density at radius 3 is 2.19 bits per heavy atom. The van der Waals surface area contributed by atoms with Gasteiger partial charge in [0.25, 0.3) is 0 Å². The zero-order chi connectivity index (χ0) is 22.5. The first kappa shape index (κ1) is 24.3. The molecular formula is C27H34O4. The molecule has 2 rings (SSSR count). The van der Waals surface area contributed by atoms with E-state index in [1.54, 1.807) is 36.4 Å². The number of rotatable bonds is 14. The van der Waals surface area contributed by atoms with Crippen molar-refractivity contribution in [2.45, 2.75) is 46.5 Å². The maximum Gasteiger partial charge on any atom is 0.185 e. The molecule has 31 heavy (non-hydrogen) atoms. The van der Waals surface area contributed by atoms with Crippen molar-refractivity contribution in [3.63, 3.8) is 0 Å².